The monoisotopic (exact) mass is 435 g/mol. The van der Waals surface area contributed by atoms with Gasteiger partial charge in [-0.3, -0.25) is 10.1 Å². The number of carbonyl (C=O) groups is 2. The summed E-state index contributed by atoms with van der Waals surface area (Å²) >= 11 is 5.79. The summed E-state index contributed by atoms with van der Waals surface area (Å²) in [4.78, 5) is 36.7. The number of nitro groups is 1. The zero-order chi connectivity index (χ0) is 22.4. The van der Waals surface area contributed by atoms with Crippen LogP contribution in [0.5, 0.6) is 11.5 Å². The maximum Gasteiger partial charge on any atom is 0.414 e. The number of nitro benzene ring substituents is 1. The van der Waals surface area contributed by atoms with E-state index >= 15 is 0 Å². The standard InChI is InChI=1S/C18H18ClN5O6/c1-22(2)17(25)29-12-6-8-14(16(10-12)30-18(26)23(3)4)21-20-13-7-5-11(19)9-15(13)24(27)28/h5-10H,1-4H3. The molecule has 12 heteroatoms. The quantitative estimate of drug-likeness (QED) is 0.377. The van der Waals surface area contributed by atoms with E-state index < -0.39 is 17.1 Å². The van der Waals surface area contributed by atoms with Crippen molar-refractivity contribution in [2.24, 2.45) is 10.2 Å². The second-order valence-corrected chi connectivity index (χ2v) is 6.68. The molecule has 0 bridgehead atoms. The van der Waals surface area contributed by atoms with Crippen LogP contribution < -0.4 is 9.47 Å². The minimum atomic E-state index is -0.708. The molecule has 0 atom stereocenters. The van der Waals surface area contributed by atoms with Gasteiger partial charge in [-0.25, -0.2) is 9.59 Å². The van der Waals surface area contributed by atoms with Crippen LogP contribution in [0.15, 0.2) is 46.6 Å². The zero-order valence-corrected chi connectivity index (χ0v) is 17.3. The van der Waals surface area contributed by atoms with Gasteiger partial charge in [-0.05, 0) is 24.3 Å². The van der Waals surface area contributed by atoms with Crippen molar-refractivity contribution in [1.82, 2.24) is 9.80 Å². The molecule has 0 heterocycles. The Labute approximate surface area is 176 Å². The first-order valence-corrected chi connectivity index (χ1v) is 8.74. The Bertz CT molecular complexity index is 1010. The normalized spacial score (nSPS) is 10.6. The zero-order valence-electron chi connectivity index (χ0n) is 16.5. The molecule has 0 aliphatic heterocycles. The average Bonchev–Trinajstić information content (AvgIpc) is 2.67. The second-order valence-electron chi connectivity index (χ2n) is 6.24. The number of halogens is 1. The summed E-state index contributed by atoms with van der Waals surface area (Å²) in [7, 11) is 5.99. The predicted octanol–water partition coefficient (Wildman–Crippen LogP) is 4.78. The van der Waals surface area contributed by atoms with Crippen molar-refractivity contribution in [2.75, 3.05) is 28.2 Å². The van der Waals surface area contributed by atoms with E-state index in [1.54, 1.807) is 0 Å². The van der Waals surface area contributed by atoms with Gasteiger partial charge < -0.3 is 19.3 Å². The van der Waals surface area contributed by atoms with Crippen LogP contribution in [0.2, 0.25) is 5.02 Å². The lowest BCUT2D eigenvalue weighted by atomic mass is 10.2. The molecule has 0 fully saturated rings. The molecule has 0 N–H and O–H groups in total. The van der Waals surface area contributed by atoms with E-state index in [4.69, 9.17) is 21.1 Å². The van der Waals surface area contributed by atoms with E-state index in [1.807, 2.05) is 0 Å². The number of amides is 2. The minimum absolute atomic E-state index is 0.0441. The fourth-order valence-corrected chi connectivity index (χ4v) is 2.10. The molecule has 11 nitrogen and oxygen atoms in total. The van der Waals surface area contributed by atoms with Crippen molar-refractivity contribution in [3.63, 3.8) is 0 Å². The largest absolute Gasteiger partial charge is 0.414 e. The third kappa shape index (κ3) is 5.88. The molecule has 0 spiro atoms. The maximum absolute atomic E-state index is 12.0. The average molecular weight is 436 g/mol. The Kier molecular flexibility index (Phi) is 7.26. The molecule has 0 aromatic heterocycles. The highest BCUT2D eigenvalue weighted by Crippen LogP contribution is 2.36. The number of azo groups is 1. The van der Waals surface area contributed by atoms with E-state index in [-0.39, 0.29) is 33.6 Å². The van der Waals surface area contributed by atoms with E-state index in [2.05, 4.69) is 10.2 Å². The molecule has 2 rings (SSSR count). The number of nitrogens with zero attached hydrogens (tertiary/aromatic N) is 5. The van der Waals surface area contributed by atoms with E-state index in [1.165, 1.54) is 68.3 Å². The first kappa shape index (κ1) is 22.6. The van der Waals surface area contributed by atoms with Crippen molar-refractivity contribution < 1.29 is 24.0 Å². The molecule has 0 radical (unpaired) electrons. The molecule has 2 aromatic carbocycles. The van der Waals surface area contributed by atoms with Crippen molar-refractivity contribution in [2.45, 2.75) is 0 Å². The summed E-state index contributed by atoms with van der Waals surface area (Å²) < 4.78 is 10.4. The van der Waals surface area contributed by atoms with Gasteiger partial charge in [0.1, 0.15) is 11.4 Å². The Morgan fingerprint density at radius 1 is 0.933 bits per heavy atom. The Balaban J connectivity index is 2.43. The summed E-state index contributed by atoms with van der Waals surface area (Å²) in [6, 6.07) is 8.00. The highest BCUT2D eigenvalue weighted by atomic mass is 35.5. The molecular formula is C18H18ClN5O6. The van der Waals surface area contributed by atoms with Gasteiger partial charge in [-0.15, -0.1) is 10.2 Å². The van der Waals surface area contributed by atoms with Crippen molar-refractivity contribution in [1.29, 1.82) is 0 Å². The van der Waals surface area contributed by atoms with Gasteiger partial charge in [0.25, 0.3) is 5.69 Å². The second kappa shape index (κ2) is 9.65. The third-order valence-electron chi connectivity index (χ3n) is 3.46. The topological polar surface area (TPSA) is 127 Å². The molecule has 30 heavy (non-hydrogen) atoms. The summed E-state index contributed by atoms with van der Waals surface area (Å²) in [5.74, 6) is 0.0461. The van der Waals surface area contributed by atoms with Crippen LogP contribution in [-0.2, 0) is 0 Å². The van der Waals surface area contributed by atoms with Gasteiger partial charge in [-0.1, -0.05) is 11.6 Å². The Morgan fingerprint density at radius 2 is 1.50 bits per heavy atom. The number of hydrogen-bond acceptors (Lipinski definition) is 8. The minimum Gasteiger partial charge on any atom is -0.410 e. The fraction of sp³-hybridized carbons (Fsp3) is 0.222. The molecule has 0 aliphatic rings. The Hall–Kier alpha value is -3.73. The van der Waals surface area contributed by atoms with Gasteiger partial charge in [0.2, 0.25) is 0 Å². The summed E-state index contributed by atoms with van der Waals surface area (Å²) in [5.41, 5.74) is -0.300. The Morgan fingerprint density at radius 3 is 2.10 bits per heavy atom. The maximum atomic E-state index is 12.0. The molecular weight excluding hydrogens is 418 g/mol. The predicted molar refractivity (Wildman–Crippen MR) is 108 cm³/mol. The number of ether oxygens (including phenoxy) is 2. The van der Waals surface area contributed by atoms with Crippen LogP contribution in [0, 0.1) is 10.1 Å². The smallest absolute Gasteiger partial charge is 0.410 e. The lowest BCUT2D eigenvalue weighted by Gasteiger charge is -2.14. The van der Waals surface area contributed by atoms with Crippen LogP contribution in [0.1, 0.15) is 0 Å². The van der Waals surface area contributed by atoms with Gasteiger partial charge in [0, 0.05) is 45.3 Å². The first-order valence-electron chi connectivity index (χ1n) is 8.36. The molecule has 0 unspecified atom stereocenters. The van der Waals surface area contributed by atoms with E-state index in [9.17, 15) is 19.7 Å². The molecule has 2 aromatic rings. The highest BCUT2D eigenvalue weighted by molar-refractivity contribution is 6.30. The lowest BCUT2D eigenvalue weighted by Crippen LogP contribution is -2.26. The van der Waals surface area contributed by atoms with Crippen LogP contribution >= 0.6 is 11.6 Å². The van der Waals surface area contributed by atoms with E-state index in [0.29, 0.717) is 0 Å². The number of rotatable bonds is 5. The van der Waals surface area contributed by atoms with Gasteiger partial charge >= 0.3 is 12.2 Å². The third-order valence-corrected chi connectivity index (χ3v) is 3.70. The number of benzene rings is 2. The van der Waals surface area contributed by atoms with Gasteiger partial charge in [-0.2, -0.15) is 0 Å². The van der Waals surface area contributed by atoms with Crippen LogP contribution in [0.3, 0.4) is 0 Å². The van der Waals surface area contributed by atoms with Crippen molar-refractivity contribution in [3.8, 4) is 11.5 Å². The number of carbonyl (C=O) groups excluding carboxylic acids is 2. The van der Waals surface area contributed by atoms with Crippen LogP contribution in [0.25, 0.3) is 0 Å². The molecule has 0 aliphatic carbocycles. The summed E-state index contributed by atoms with van der Waals surface area (Å²) in [5, 5.41) is 19.2. The molecule has 0 saturated heterocycles. The summed E-state index contributed by atoms with van der Waals surface area (Å²) in [6.07, 6.45) is -1.34. The SMILES string of the molecule is CN(C)C(=O)Oc1ccc(N=Nc2ccc(Cl)cc2[N+](=O)[O-])c(OC(=O)N(C)C)c1. The summed E-state index contributed by atoms with van der Waals surface area (Å²) in [6.45, 7) is 0. The number of hydrogen-bond donors (Lipinski definition) is 0. The van der Waals surface area contributed by atoms with Crippen molar-refractivity contribution >= 4 is 40.8 Å². The van der Waals surface area contributed by atoms with Crippen LogP contribution in [0.4, 0.5) is 26.7 Å². The molecule has 158 valence electrons. The molecule has 2 amide bonds. The lowest BCUT2D eigenvalue weighted by molar-refractivity contribution is -0.384. The van der Waals surface area contributed by atoms with Gasteiger partial charge in [0.15, 0.2) is 11.4 Å². The first-order chi connectivity index (χ1) is 14.1. The highest BCUT2D eigenvalue weighted by Gasteiger charge is 2.17. The van der Waals surface area contributed by atoms with Crippen molar-refractivity contribution in [3.05, 3.63) is 51.5 Å². The van der Waals surface area contributed by atoms with Crippen LogP contribution in [-0.4, -0.2) is 55.1 Å². The van der Waals surface area contributed by atoms with E-state index in [0.717, 1.165) is 6.07 Å². The fourth-order valence-electron chi connectivity index (χ4n) is 1.93. The molecule has 0 saturated carbocycles. The van der Waals surface area contributed by atoms with Gasteiger partial charge in [0.05, 0.1) is 4.92 Å².